The lowest BCUT2D eigenvalue weighted by Gasteiger charge is -2.08. The number of benzene rings is 1. The highest BCUT2D eigenvalue weighted by Gasteiger charge is 2.23. The number of hydrogen-bond donors (Lipinski definition) is 1. The number of hydrogen-bond acceptors (Lipinski definition) is 2. The van der Waals surface area contributed by atoms with Gasteiger partial charge in [-0.25, -0.2) is 0 Å². The van der Waals surface area contributed by atoms with E-state index >= 15 is 0 Å². The maximum atomic E-state index is 12.0. The van der Waals surface area contributed by atoms with Gasteiger partial charge in [0.15, 0.2) is 5.78 Å². The number of halogens is 1. The molecular weight excluding hydrogens is 254 g/mol. The smallest absolute Gasteiger partial charge is 0.165 e. The van der Waals surface area contributed by atoms with Crippen molar-refractivity contribution in [2.45, 2.75) is 25.7 Å². The van der Waals surface area contributed by atoms with E-state index in [0.29, 0.717) is 5.69 Å². The first-order valence-electron chi connectivity index (χ1n) is 5.27. The minimum Gasteiger partial charge on any atom is -0.398 e. The van der Waals surface area contributed by atoms with Crippen LogP contribution in [0.1, 0.15) is 36.0 Å². The van der Waals surface area contributed by atoms with Crippen LogP contribution in [0, 0.1) is 5.92 Å². The molecule has 15 heavy (non-hydrogen) atoms. The van der Waals surface area contributed by atoms with Gasteiger partial charge in [-0.15, -0.1) is 0 Å². The van der Waals surface area contributed by atoms with Gasteiger partial charge in [-0.1, -0.05) is 12.8 Å². The third-order valence-electron chi connectivity index (χ3n) is 3.01. The van der Waals surface area contributed by atoms with E-state index in [-0.39, 0.29) is 11.7 Å². The second kappa shape index (κ2) is 4.35. The van der Waals surface area contributed by atoms with Crippen LogP contribution in [0.2, 0.25) is 0 Å². The molecule has 0 spiro atoms. The first-order chi connectivity index (χ1) is 7.18. The van der Waals surface area contributed by atoms with Crippen LogP contribution in [-0.4, -0.2) is 5.78 Å². The number of carbonyl (C=O) groups is 1. The Balaban J connectivity index is 2.21. The molecule has 80 valence electrons. The molecule has 2 rings (SSSR count). The van der Waals surface area contributed by atoms with Gasteiger partial charge in [0.25, 0.3) is 0 Å². The lowest BCUT2D eigenvalue weighted by Crippen LogP contribution is -2.11. The number of ketones is 1. The Morgan fingerprint density at radius 2 is 2.00 bits per heavy atom. The van der Waals surface area contributed by atoms with Gasteiger partial charge >= 0.3 is 0 Å². The number of anilines is 1. The molecule has 0 aliphatic heterocycles. The van der Waals surface area contributed by atoms with Crippen LogP contribution in [0.15, 0.2) is 22.7 Å². The average Bonchev–Trinajstić information content (AvgIpc) is 2.74. The molecule has 0 bridgehead atoms. The molecule has 1 aliphatic carbocycles. The first-order valence-corrected chi connectivity index (χ1v) is 6.07. The fraction of sp³-hybridized carbons (Fsp3) is 0.417. The van der Waals surface area contributed by atoms with Gasteiger partial charge in [-0.05, 0) is 47.0 Å². The molecule has 1 fully saturated rings. The minimum atomic E-state index is 0.237. The Hall–Kier alpha value is -0.830. The van der Waals surface area contributed by atoms with Crippen molar-refractivity contribution in [3.63, 3.8) is 0 Å². The van der Waals surface area contributed by atoms with Crippen molar-refractivity contribution < 1.29 is 4.79 Å². The number of nitrogen functional groups attached to an aromatic ring is 1. The molecule has 1 aromatic carbocycles. The Kier molecular flexibility index (Phi) is 3.10. The van der Waals surface area contributed by atoms with Crippen molar-refractivity contribution in [3.8, 4) is 0 Å². The zero-order chi connectivity index (χ0) is 10.8. The van der Waals surface area contributed by atoms with E-state index in [2.05, 4.69) is 15.9 Å². The maximum Gasteiger partial charge on any atom is 0.165 e. The highest BCUT2D eigenvalue weighted by Crippen LogP contribution is 2.29. The summed E-state index contributed by atoms with van der Waals surface area (Å²) in [5.74, 6) is 0.508. The fourth-order valence-electron chi connectivity index (χ4n) is 2.10. The lowest BCUT2D eigenvalue weighted by atomic mass is 9.96. The summed E-state index contributed by atoms with van der Waals surface area (Å²) in [5.41, 5.74) is 7.14. The quantitative estimate of drug-likeness (QED) is 0.659. The second-order valence-electron chi connectivity index (χ2n) is 4.08. The van der Waals surface area contributed by atoms with Gasteiger partial charge in [0, 0.05) is 21.6 Å². The van der Waals surface area contributed by atoms with E-state index in [0.717, 1.165) is 22.9 Å². The van der Waals surface area contributed by atoms with E-state index < -0.39 is 0 Å². The molecule has 0 unspecified atom stereocenters. The lowest BCUT2D eigenvalue weighted by molar-refractivity contribution is 0.0923. The monoisotopic (exact) mass is 267 g/mol. The summed E-state index contributed by atoms with van der Waals surface area (Å²) in [5, 5.41) is 0. The zero-order valence-corrected chi connectivity index (χ0v) is 10.1. The predicted octanol–water partition coefficient (Wildman–Crippen LogP) is 3.40. The molecule has 0 saturated heterocycles. The summed E-state index contributed by atoms with van der Waals surface area (Å²) in [4.78, 5) is 12.0. The number of nitrogens with two attached hydrogens (primary N) is 1. The van der Waals surface area contributed by atoms with Crippen LogP contribution in [-0.2, 0) is 0 Å². The molecule has 0 radical (unpaired) electrons. The van der Waals surface area contributed by atoms with E-state index in [1.54, 1.807) is 6.07 Å². The van der Waals surface area contributed by atoms with Crippen LogP contribution in [0.4, 0.5) is 5.69 Å². The molecule has 1 aromatic rings. The topological polar surface area (TPSA) is 43.1 Å². The van der Waals surface area contributed by atoms with Crippen molar-refractivity contribution in [2.75, 3.05) is 5.73 Å². The highest BCUT2D eigenvalue weighted by atomic mass is 79.9. The van der Waals surface area contributed by atoms with Gasteiger partial charge in [0.1, 0.15) is 0 Å². The molecule has 3 heteroatoms. The van der Waals surface area contributed by atoms with Gasteiger partial charge in [-0.2, -0.15) is 0 Å². The van der Waals surface area contributed by atoms with Gasteiger partial charge in [0.05, 0.1) is 0 Å². The summed E-state index contributed by atoms with van der Waals surface area (Å²) in [6.45, 7) is 0. The van der Waals surface area contributed by atoms with Crippen molar-refractivity contribution in [3.05, 3.63) is 28.2 Å². The third-order valence-corrected chi connectivity index (χ3v) is 3.70. The van der Waals surface area contributed by atoms with Crippen LogP contribution >= 0.6 is 15.9 Å². The van der Waals surface area contributed by atoms with Gasteiger partial charge in [-0.3, -0.25) is 4.79 Å². The van der Waals surface area contributed by atoms with Crippen molar-refractivity contribution >= 4 is 27.4 Å². The van der Waals surface area contributed by atoms with Crippen molar-refractivity contribution in [2.24, 2.45) is 5.92 Å². The second-order valence-corrected chi connectivity index (χ2v) is 4.94. The largest absolute Gasteiger partial charge is 0.398 e. The first kappa shape index (κ1) is 10.7. The average molecular weight is 268 g/mol. The van der Waals surface area contributed by atoms with E-state index in [4.69, 9.17) is 5.73 Å². The number of Topliss-reactive ketones (excluding diaryl/α,β-unsaturated/α-hetero) is 1. The summed E-state index contributed by atoms with van der Waals surface area (Å²) in [6.07, 6.45) is 4.46. The standard InChI is InChI=1S/C12H14BrNO/c13-10-7-9(5-6-11(10)14)12(15)8-3-1-2-4-8/h5-8H,1-4,14H2. The fourth-order valence-corrected chi connectivity index (χ4v) is 2.48. The Morgan fingerprint density at radius 1 is 1.33 bits per heavy atom. The van der Waals surface area contributed by atoms with E-state index in [1.807, 2.05) is 12.1 Å². The van der Waals surface area contributed by atoms with Gasteiger partial charge in [0.2, 0.25) is 0 Å². The maximum absolute atomic E-state index is 12.0. The third kappa shape index (κ3) is 2.23. The number of carbonyl (C=O) groups excluding carboxylic acids is 1. The van der Waals surface area contributed by atoms with Crippen LogP contribution in [0.25, 0.3) is 0 Å². The molecule has 0 amide bonds. The van der Waals surface area contributed by atoms with Crippen LogP contribution in [0.5, 0.6) is 0 Å². The normalized spacial score (nSPS) is 16.9. The van der Waals surface area contributed by atoms with Crippen LogP contribution in [0.3, 0.4) is 0 Å². The van der Waals surface area contributed by atoms with E-state index in [1.165, 1.54) is 12.8 Å². The Bertz CT molecular complexity index is 383. The predicted molar refractivity (Wildman–Crippen MR) is 64.8 cm³/mol. The van der Waals surface area contributed by atoms with Crippen molar-refractivity contribution in [1.82, 2.24) is 0 Å². The van der Waals surface area contributed by atoms with Crippen molar-refractivity contribution in [1.29, 1.82) is 0 Å². The zero-order valence-electron chi connectivity index (χ0n) is 8.50. The summed E-state index contributed by atoms with van der Waals surface area (Å²) >= 11 is 3.35. The summed E-state index contributed by atoms with van der Waals surface area (Å²) in [6, 6.07) is 5.43. The van der Waals surface area contributed by atoms with Gasteiger partial charge < -0.3 is 5.73 Å². The molecule has 1 saturated carbocycles. The minimum absolute atomic E-state index is 0.237. The SMILES string of the molecule is Nc1ccc(C(=O)C2CCCC2)cc1Br. The molecule has 0 atom stereocenters. The Labute approximate surface area is 98.0 Å². The molecular formula is C12H14BrNO. The summed E-state index contributed by atoms with van der Waals surface area (Å²) in [7, 11) is 0. The molecule has 1 aliphatic rings. The number of rotatable bonds is 2. The highest BCUT2D eigenvalue weighted by molar-refractivity contribution is 9.10. The molecule has 2 N–H and O–H groups in total. The molecule has 2 nitrogen and oxygen atoms in total. The van der Waals surface area contributed by atoms with Crippen LogP contribution < -0.4 is 5.73 Å². The molecule has 0 heterocycles. The summed E-state index contributed by atoms with van der Waals surface area (Å²) < 4.78 is 0.811. The molecule has 0 aromatic heterocycles. The van der Waals surface area contributed by atoms with E-state index in [9.17, 15) is 4.79 Å². The Morgan fingerprint density at radius 3 is 2.60 bits per heavy atom.